The second kappa shape index (κ2) is 10.7. The maximum Gasteiger partial charge on any atom is 0.338 e. The first-order chi connectivity index (χ1) is 14.3. The molecule has 0 radical (unpaired) electrons. The van der Waals surface area contributed by atoms with Gasteiger partial charge in [-0.3, -0.25) is 19.7 Å². The number of hydrogen-bond acceptors (Lipinski definition) is 7. The Hall–Kier alpha value is -3.79. The normalized spacial score (nSPS) is 10.2. The van der Waals surface area contributed by atoms with Crippen LogP contribution >= 0.6 is 0 Å². The number of esters is 1. The van der Waals surface area contributed by atoms with Crippen LogP contribution in [-0.4, -0.2) is 43.0 Å². The summed E-state index contributed by atoms with van der Waals surface area (Å²) in [6.45, 7) is 1.72. The van der Waals surface area contributed by atoms with E-state index in [1.165, 1.54) is 13.2 Å². The van der Waals surface area contributed by atoms with E-state index < -0.39 is 22.5 Å². The van der Waals surface area contributed by atoms with E-state index >= 15 is 0 Å². The zero-order valence-electron chi connectivity index (χ0n) is 16.5. The van der Waals surface area contributed by atoms with E-state index in [1.54, 1.807) is 31.2 Å². The SMILES string of the molecule is CCOC(=O)c1cc(C(=O)NCc2cccc(NC(=O)COC)c2)cc([N+](=O)[O-])c1. The number of ether oxygens (including phenoxy) is 2. The van der Waals surface area contributed by atoms with Gasteiger partial charge in [0.1, 0.15) is 6.61 Å². The maximum absolute atomic E-state index is 12.5. The maximum atomic E-state index is 12.5. The Bertz CT molecular complexity index is 959. The van der Waals surface area contributed by atoms with Crippen molar-refractivity contribution in [3.63, 3.8) is 0 Å². The molecule has 2 N–H and O–H groups in total. The fourth-order valence-corrected chi connectivity index (χ4v) is 2.55. The molecule has 0 unspecified atom stereocenters. The number of methoxy groups -OCH3 is 1. The average molecular weight is 415 g/mol. The van der Waals surface area contributed by atoms with Gasteiger partial charge in [-0.25, -0.2) is 4.79 Å². The standard InChI is InChI=1S/C20H21N3O7/c1-3-30-20(26)15-8-14(9-17(10-15)23(27)28)19(25)21-11-13-5-4-6-16(7-13)22-18(24)12-29-2/h4-10H,3,11-12H2,1-2H3,(H,21,25)(H,22,24). The van der Waals surface area contributed by atoms with Crippen molar-refractivity contribution in [3.05, 3.63) is 69.3 Å². The molecule has 0 heterocycles. The molecule has 30 heavy (non-hydrogen) atoms. The summed E-state index contributed by atoms with van der Waals surface area (Å²) in [5.41, 5.74) is 0.697. The quantitative estimate of drug-likeness (QED) is 0.364. The third kappa shape index (κ3) is 6.38. The molecule has 0 aliphatic rings. The van der Waals surface area contributed by atoms with Crippen LogP contribution in [0.25, 0.3) is 0 Å². The largest absolute Gasteiger partial charge is 0.462 e. The topological polar surface area (TPSA) is 137 Å². The van der Waals surface area contributed by atoms with Crippen molar-refractivity contribution in [1.82, 2.24) is 5.32 Å². The third-order valence-electron chi connectivity index (χ3n) is 3.84. The van der Waals surface area contributed by atoms with Gasteiger partial charge < -0.3 is 20.1 Å². The fraction of sp³-hybridized carbons (Fsp3) is 0.250. The average Bonchev–Trinajstić information content (AvgIpc) is 2.72. The molecular formula is C20H21N3O7. The molecule has 2 amide bonds. The first kappa shape index (κ1) is 22.5. The van der Waals surface area contributed by atoms with E-state index in [4.69, 9.17) is 9.47 Å². The minimum Gasteiger partial charge on any atom is -0.462 e. The number of hydrogen-bond donors (Lipinski definition) is 2. The second-order valence-electron chi connectivity index (χ2n) is 6.11. The number of benzene rings is 2. The molecule has 0 fully saturated rings. The lowest BCUT2D eigenvalue weighted by atomic mass is 10.1. The Morgan fingerprint density at radius 2 is 1.83 bits per heavy atom. The van der Waals surface area contributed by atoms with E-state index in [-0.39, 0.29) is 36.8 Å². The molecular weight excluding hydrogens is 394 g/mol. The molecule has 0 aliphatic carbocycles. The molecule has 2 rings (SSSR count). The highest BCUT2D eigenvalue weighted by Gasteiger charge is 2.18. The molecule has 2 aromatic rings. The number of nitro groups is 1. The Labute approximate surface area is 172 Å². The minimum absolute atomic E-state index is 0.0446. The molecule has 10 nitrogen and oxygen atoms in total. The highest BCUT2D eigenvalue weighted by Crippen LogP contribution is 2.19. The minimum atomic E-state index is -0.755. The Balaban J connectivity index is 2.13. The first-order valence-electron chi connectivity index (χ1n) is 8.96. The van der Waals surface area contributed by atoms with Crippen molar-refractivity contribution in [3.8, 4) is 0 Å². The Morgan fingerprint density at radius 3 is 2.50 bits per heavy atom. The van der Waals surface area contributed by atoms with Gasteiger partial charge in [0.25, 0.3) is 11.6 Å². The number of nitro benzene ring substituents is 1. The van der Waals surface area contributed by atoms with Crippen molar-refractivity contribution in [1.29, 1.82) is 0 Å². The summed E-state index contributed by atoms with van der Waals surface area (Å²) in [5, 5.41) is 16.4. The number of anilines is 1. The number of non-ortho nitro benzene ring substituents is 1. The summed E-state index contributed by atoms with van der Waals surface area (Å²) in [6, 6.07) is 10.2. The molecule has 2 aromatic carbocycles. The molecule has 10 heteroatoms. The van der Waals surface area contributed by atoms with Crippen LogP contribution in [0.15, 0.2) is 42.5 Å². The van der Waals surface area contributed by atoms with E-state index in [0.29, 0.717) is 11.3 Å². The van der Waals surface area contributed by atoms with Crippen LogP contribution in [0, 0.1) is 10.1 Å². The van der Waals surface area contributed by atoms with Crippen LogP contribution in [0.3, 0.4) is 0 Å². The molecule has 0 aromatic heterocycles. The van der Waals surface area contributed by atoms with Crippen molar-refractivity contribution < 1.29 is 28.8 Å². The van der Waals surface area contributed by atoms with Crippen molar-refractivity contribution >= 4 is 29.2 Å². The van der Waals surface area contributed by atoms with Crippen molar-refractivity contribution in [2.75, 3.05) is 25.6 Å². The van der Waals surface area contributed by atoms with E-state index in [9.17, 15) is 24.5 Å². The van der Waals surface area contributed by atoms with Crippen LogP contribution in [-0.2, 0) is 20.8 Å². The smallest absolute Gasteiger partial charge is 0.338 e. The molecule has 0 spiro atoms. The Morgan fingerprint density at radius 1 is 1.10 bits per heavy atom. The first-order valence-corrected chi connectivity index (χ1v) is 8.96. The van der Waals surface area contributed by atoms with Crippen LogP contribution < -0.4 is 10.6 Å². The lowest BCUT2D eigenvalue weighted by Gasteiger charge is -2.09. The number of nitrogens with one attached hydrogen (secondary N) is 2. The van der Waals surface area contributed by atoms with Crippen molar-refractivity contribution in [2.24, 2.45) is 0 Å². The predicted octanol–water partition coefficient (Wildman–Crippen LogP) is 2.29. The predicted molar refractivity (Wildman–Crippen MR) is 107 cm³/mol. The molecule has 0 saturated carbocycles. The van der Waals surface area contributed by atoms with Gasteiger partial charge in [0.15, 0.2) is 0 Å². The molecule has 0 aliphatic heterocycles. The molecule has 158 valence electrons. The van der Waals surface area contributed by atoms with Gasteiger partial charge in [-0.15, -0.1) is 0 Å². The van der Waals surface area contributed by atoms with Crippen molar-refractivity contribution in [2.45, 2.75) is 13.5 Å². The van der Waals surface area contributed by atoms with Crippen LogP contribution in [0.4, 0.5) is 11.4 Å². The highest BCUT2D eigenvalue weighted by atomic mass is 16.6. The zero-order chi connectivity index (χ0) is 22.1. The van der Waals surface area contributed by atoms with E-state index in [1.807, 2.05) is 0 Å². The van der Waals surface area contributed by atoms with E-state index in [2.05, 4.69) is 10.6 Å². The lowest BCUT2D eigenvalue weighted by molar-refractivity contribution is -0.384. The van der Waals surface area contributed by atoms with Gasteiger partial charge in [-0.05, 0) is 30.7 Å². The van der Waals surface area contributed by atoms with Crippen LogP contribution in [0.1, 0.15) is 33.2 Å². The van der Waals surface area contributed by atoms with Gasteiger partial charge in [-0.2, -0.15) is 0 Å². The number of carbonyl (C=O) groups is 3. The Kier molecular flexibility index (Phi) is 8.00. The highest BCUT2D eigenvalue weighted by molar-refractivity contribution is 5.99. The van der Waals surface area contributed by atoms with Gasteiger partial charge >= 0.3 is 5.97 Å². The van der Waals surface area contributed by atoms with E-state index in [0.717, 1.165) is 12.1 Å². The van der Waals surface area contributed by atoms with Gasteiger partial charge in [0.2, 0.25) is 5.91 Å². The van der Waals surface area contributed by atoms with Gasteiger partial charge in [-0.1, -0.05) is 12.1 Å². The fourth-order valence-electron chi connectivity index (χ4n) is 2.55. The molecule has 0 bridgehead atoms. The third-order valence-corrected chi connectivity index (χ3v) is 3.84. The summed E-state index contributed by atoms with van der Waals surface area (Å²) in [7, 11) is 1.41. The molecule has 0 atom stereocenters. The number of carbonyl (C=O) groups excluding carboxylic acids is 3. The number of rotatable bonds is 9. The monoisotopic (exact) mass is 415 g/mol. The second-order valence-corrected chi connectivity index (χ2v) is 6.11. The van der Waals surface area contributed by atoms with Crippen LogP contribution in [0.2, 0.25) is 0 Å². The molecule has 0 saturated heterocycles. The summed E-state index contributed by atoms with van der Waals surface area (Å²) in [4.78, 5) is 46.5. The van der Waals surface area contributed by atoms with Crippen LogP contribution in [0.5, 0.6) is 0 Å². The lowest BCUT2D eigenvalue weighted by Crippen LogP contribution is -2.23. The number of nitrogens with zero attached hydrogens (tertiary/aromatic N) is 1. The van der Waals surface area contributed by atoms with Gasteiger partial charge in [0, 0.05) is 37.0 Å². The summed E-state index contributed by atoms with van der Waals surface area (Å²) < 4.78 is 9.60. The summed E-state index contributed by atoms with van der Waals surface area (Å²) in [6.07, 6.45) is 0. The summed E-state index contributed by atoms with van der Waals surface area (Å²) in [5.74, 6) is -1.67. The zero-order valence-corrected chi connectivity index (χ0v) is 16.5. The summed E-state index contributed by atoms with van der Waals surface area (Å²) >= 11 is 0. The number of amides is 2. The van der Waals surface area contributed by atoms with Gasteiger partial charge in [0.05, 0.1) is 17.1 Å².